The van der Waals surface area contributed by atoms with Crippen LogP contribution in [0, 0.1) is 0 Å². The average Bonchev–Trinajstić information content (AvgIpc) is 3.53. The summed E-state index contributed by atoms with van der Waals surface area (Å²) >= 11 is 1.85. The summed E-state index contributed by atoms with van der Waals surface area (Å²) in [5, 5.41) is 9.21. The SMILES string of the molecule is CN=C(NCc1ccc(CN2CCOCC2)cc1)NCC(c1cccs1)N1CCCC1.I. The van der Waals surface area contributed by atoms with Crippen LogP contribution >= 0.6 is 35.3 Å². The molecule has 0 radical (unpaired) electrons. The minimum absolute atomic E-state index is 0. The molecule has 176 valence electrons. The van der Waals surface area contributed by atoms with Crippen LogP contribution in [0.2, 0.25) is 0 Å². The highest BCUT2D eigenvalue weighted by Crippen LogP contribution is 2.27. The summed E-state index contributed by atoms with van der Waals surface area (Å²) < 4.78 is 5.44. The molecule has 1 unspecified atom stereocenters. The molecule has 2 saturated heterocycles. The molecule has 3 heterocycles. The number of morpholine rings is 1. The third-order valence-corrected chi connectivity index (χ3v) is 7.11. The van der Waals surface area contributed by atoms with Crippen LogP contribution < -0.4 is 10.6 Å². The Morgan fingerprint density at radius 3 is 2.41 bits per heavy atom. The van der Waals surface area contributed by atoms with E-state index < -0.39 is 0 Å². The van der Waals surface area contributed by atoms with E-state index in [9.17, 15) is 0 Å². The second-order valence-electron chi connectivity index (χ2n) is 8.29. The molecular weight excluding hydrogens is 533 g/mol. The van der Waals surface area contributed by atoms with Crippen LogP contribution in [0.5, 0.6) is 0 Å². The molecule has 2 fully saturated rings. The van der Waals surface area contributed by atoms with Gasteiger partial charge in [-0.25, -0.2) is 0 Å². The first-order valence-electron chi connectivity index (χ1n) is 11.4. The van der Waals surface area contributed by atoms with Gasteiger partial charge in [-0.3, -0.25) is 14.8 Å². The Balaban J connectivity index is 0.00000289. The lowest BCUT2D eigenvalue weighted by Gasteiger charge is -2.27. The smallest absolute Gasteiger partial charge is 0.191 e. The molecule has 2 N–H and O–H groups in total. The number of thiophene rings is 1. The fourth-order valence-electron chi connectivity index (χ4n) is 4.32. The number of rotatable bonds is 8. The van der Waals surface area contributed by atoms with Gasteiger partial charge in [-0.2, -0.15) is 0 Å². The number of nitrogens with one attached hydrogen (secondary N) is 2. The van der Waals surface area contributed by atoms with Crippen molar-refractivity contribution in [3.63, 3.8) is 0 Å². The molecule has 32 heavy (non-hydrogen) atoms. The zero-order chi connectivity index (χ0) is 21.3. The predicted molar refractivity (Wildman–Crippen MR) is 144 cm³/mol. The fraction of sp³-hybridized carbons (Fsp3) is 0.542. The molecule has 0 bridgehead atoms. The van der Waals surface area contributed by atoms with Crippen LogP contribution in [0.15, 0.2) is 46.8 Å². The number of guanidine groups is 1. The van der Waals surface area contributed by atoms with Crippen LogP contribution in [-0.2, 0) is 17.8 Å². The van der Waals surface area contributed by atoms with Crippen LogP contribution in [0.1, 0.15) is 34.9 Å². The summed E-state index contributed by atoms with van der Waals surface area (Å²) in [5.41, 5.74) is 2.63. The molecular formula is C24H36IN5OS. The number of halogens is 1. The largest absolute Gasteiger partial charge is 0.379 e. The van der Waals surface area contributed by atoms with Gasteiger partial charge in [-0.05, 0) is 48.5 Å². The van der Waals surface area contributed by atoms with Gasteiger partial charge >= 0.3 is 0 Å². The molecule has 0 aliphatic carbocycles. The van der Waals surface area contributed by atoms with E-state index in [-0.39, 0.29) is 24.0 Å². The molecule has 4 rings (SSSR count). The summed E-state index contributed by atoms with van der Waals surface area (Å²) in [7, 11) is 1.84. The average molecular weight is 570 g/mol. The number of ether oxygens (including phenoxy) is 1. The van der Waals surface area contributed by atoms with Gasteiger partial charge in [-0.15, -0.1) is 35.3 Å². The van der Waals surface area contributed by atoms with E-state index in [1.54, 1.807) is 0 Å². The molecule has 2 aliphatic heterocycles. The topological polar surface area (TPSA) is 52.1 Å². The first-order chi connectivity index (χ1) is 15.3. The first kappa shape index (κ1) is 25.4. The number of likely N-dealkylation sites (tertiary alicyclic amines) is 1. The van der Waals surface area contributed by atoms with Crippen LogP contribution in [0.25, 0.3) is 0 Å². The molecule has 1 aromatic carbocycles. The van der Waals surface area contributed by atoms with Gasteiger partial charge in [0.1, 0.15) is 0 Å². The summed E-state index contributed by atoms with van der Waals surface area (Å²) in [6.07, 6.45) is 2.60. The molecule has 1 aromatic heterocycles. The second kappa shape index (κ2) is 13.5. The van der Waals surface area contributed by atoms with Gasteiger partial charge in [-0.1, -0.05) is 30.3 Å². The number of hydrogen-bond acceptors (Lipinski definition) is 5. The monoisotopic (exact) mass is 569 g/mol. The normalized spacial score (nSPS) is 18.8. The zero-order valence-electron chi connectivity index (χ0n) is 19.0. The van der Waals surface area contributed by atoms with Crippen molar-refractivity contribution in [3.05, 3.63) is 57.8 Å². The molecule has 6 nitrogen and oxygen atoms in total. The van der Waals surface area contributed by atoms with E-state index >= 15 is 0 Å². The summed E-state index contributed by atoms with van der Waals surface area (Å²) in [5.74, 6) is 0.859. The van der Waals surface area contributed by atoms with Crippen molar-refractivity contribution in [1.29, 1.82) is 0 Å². The van der Waals surface area contributed by atoms with Crippen molar-refractivity contribution in [1.82, 2.24) is 20.4 Å². The molecule has 0 spiro atoms. The maximum atomic E-state index is 5.44. The Morgan fingerprint density at radius 2 is 1.75 bits per heavy atom. The van der Waals surface area contributed by atoms with Gasteiger partial charge < -0.3 is 15.4 Å². The zero-order valence-corrected chi connectivity index (χ0v) is 22.1. The Hall–Kier alpha value is -1.20. The Bertz CT molecular complexity index is 802. The van der Waals surface area contributed by atoms with Gasteiger partial charge in [0.15, 0.2) is 5.96 Å². The molecule has 0 amide bonds. The van der Waals surface area contributed by atoms with Crippen molar-refractivity contribution in [3.8, 4) is 0 Å². The summed E-state index contributed by atoms with van der Waals surface area (Å²) in [6.45, 7) is 8.76. The number of aliphatic imine (C=N–C) groups is 1. The number of hydrogen-bond donors (Lipinski definition) is 2. The molecule has 2 aliphatic rings. The Kier molecular flexibility index (Phi) is 10.7. The van der Waals surface area contributed by atoms with E-state index in [2.05, 4.69) is 67.2 Å². The van der Waals surface area contributed by atoms with Crippen molar-refractivity contribution >= 4 is 41.3 Å². The van der Waals surface area contributed by atoms with Gasteiger partial charge in [0.25, 0.3) is 0 Å². The predicted octanol–water partition coefficient (Wildman–Crippen LogP) is 3.70. The molecule has 8 heteroatoms. The van der Waals surface area contributed by atoms with E-state index in [1.807, 2.05) is 18.4 Å². The van der Waals surface area contributed by atoms with Crippen molar-refractivity contribution in [2.45, 2.75) is 32.0 Å². The fourth-order valence-corrected chi connectivity index (χ4v) is 5.18. The van der Waals surface area contributed by atoms with E-state index in [0.29, 0.717) is 6.04 Å². The minimum atomic E-state index is 0. The van der Waals surface area contributed by atoms with Gasteiger partial charge in [0, 0.05) is 44.6 Å². The number of nitrogens with zero attached hydrogens (tertiary/aromatic N) is 3. The third kappa shape index (κ3) is 7.41. The van der Waals surface area contributed by atoms with Crippen molar-refractivity contribution in [2.24, 2.45) is 4.99 Å². The Labute approximate surface area is 213 Å². The summed E-state index contributed by atoms with van der Waals surface area (Å²) in [4.78, 5) is 10.9. The molecule has 1 atom stereocenters. The second-order valence-corrected chi connectivity index (χ2v) is 9.27. The summed E-state index contributed by atoms with van der Waals surface area (Å²) in [6, 6.07) is 13.7. The highest BCUT2D eigenvalue weighted by molar-refractivity contribution is 14.0. The highest BCUT2D eigenvalue weighted by atomic mass is 127. The minimum Gasteiger partial charge on any atom is -0.379 e. The first-order valence-corrected chi connectivity index (χ1v) is 12.3. The van der Waals surface area contributed by atoms with E-state index in [4.69, 9.17) is 4.74 Å². The van der Waals surface area contributed by atoms with Gasteiger partial charge in [0.05, 0.1) is 19.3 Å². The lowest BCUT2D eigenvalue weighted by molar-refractivity contribution is 0.0342. The number of benzene rings is 1. The van der Waals surface area contributed by atoms with E-state index in [0.717, 1.165) is 51.9 Å². The van der Waals surface area contributed by atoms with Crippen LogP contribution in [-0.4, -0.2) is 68.7 Å². The molecule has 2 aromatic rings. The lowest BCUT2D eigenvalue weighted by atomic mass is 10.1. The van der Waals surface area contributed by atoms with Gasteiger partial charge in [0.2, 0.25) is 0 Å². The van der Waals surface area contributed by atoms with Crippen LogP contribution in [0.3, 0.4) is 0 Å². The Morgan fingerprint density at radius 1 is 1.03 bits per heavy atom. The highest BCUT2D eigenvalue weighted by Gasteiger charge is 2.24. The lowest BCUT2D eigenvalue weighted by Crippen LogP contribution is -2.42. The standard InChI is InChI=1S/C24H35N5OS.HI/c1-25-24(27-18-22(23-5-4-16-31-23)29-10-2-3-11-29)26-17-20-6-8-21(9-7-20)19-28-12-14-30-15-13-28;/h4-9,16,22H,2-3,10-15,17-19H2,1H3,(H2,25,26,27);1H. The van der Waals surface area contributed by atoms with Crippen molar-refractivity contribution < 1.29 is 4.74 Å². The van der Waals surface area contributed by atoms with Crippen molar-refractivity contribution in [2.75, 3.05) is 53.0 Å². The quantitative estimate of drug-likeness (QED) is 0.289. The maximum Gasteiger partial charge on any atom is 0.191 e. The molecule has 0 saturated carbocycles. The van der Waals surface area contributed by atoms with E-state index in [1.165, 1.54) is 41.9 Å². The maximum absolute atomic E-state index is 5.44. The van der Waals surface area contributed by atoms with Crippen LogP contribution in [0.4, 0.5) is 0 Å². The third-order valence-electron chi connectivity index (χ3n) is 6.13.